The van der Waals surface area contributed by atoms with Gasteiger partial charge in [0.15, 0.2) is 9.84 Å². The number of carbonyl (C=O) groups is 1. The third kappa shape index (κ3) is 4.67. The lowest BCUT2D eigenvalue weighted by Gasteiger charge is -2.29. The Morgan fingerprint density at radius 1 is 1.48 bits per heavy atom. The number of nitrogens with zero attached hydrogens (tertiary/aromatic N) is 2. The van der Waals surface area contributed by atoms with Crippen LogP contribution in [-0.4, -0.2) is 49.9 Å². The smallest absolute Gasteiger partial charge is 0.269 e. The van der Waals surface area contributed by atoms with E-state index in [0.717, 1.165) is 5.69 Å². The predicted octanol–water partition coefficient (Wildman–Crippen LogP) is 1.48. The van der Waals surface area contributed by atoms with Crippen LogP contribution in [0.4, 0.5) is 5.69 Å². The van der Waals surface area contributed by atoms with Crippen LogP contribution in [0.5, 0.6) is 0 Å². The maximum Gasteiger partial charge on any atom is 0.269 e. The number of carbonyl (C=O) groups excluding carboxylic acids is 1. The SMILES string of the molecule is CCN(c1ccnc(C(=O)NCC(C)C)c1)C1CCS(=O)(=O)C1. The molecule has 1 unspecified atom stereocenters. The van der Waals surface area contributed by atoms with E-state index in [4.69, 9.17) is 0 Å². The normalized spacial score (nSPS) is 19.7. The average Bonchev–Trinajstić information content (AvgIpc) is 2.86. The summed E-state index contributed by atoms with van der Waals surface area (Å²) in [5, 5.41) is 2.85. The minimum absolute atomic E-state index is 0.0287. The summed E-state index contributed by atoms with van der Waals surface area (Å²) in [6, 6.07) is 3.54. The first-order valence-corrected chi connectivity index (χ1v) is 9.86. The summed E-state index contributed by atoms with van der Waals surface area (Å²) < 4.78 is 23.4. The highest BCUT2D eigenvalue weighted by Gasteiger charge is 2.32. The molecule has 0 aromatic carbocycles. The van der Waals surface area contributed by atoms with Crippen LogP contribution in [0, 0.1) is 5.92 Å². The van der Waals surface area contributed by atoms with Gasteiger partial charge in [0.05, 0.1) is 11.5 Å². The molecule has 128 valence electrons. The number of anilines is 1. The maximum absolute atomic E-state index is 12.1. The van der Waals surface area contributed by atoms with E-state index >= 15 is 0 Å². The van der Waals surface area contributed by atoms with E-state index in [0.29, 0.717) is 31.1 Å². The summed E-state index contributed by atoms with van der Waals surface area (Å²) in [5.41, 5.74) is 1.21. The van der Waals surface area contributed by atoms with Crippen molar-refractivity contribution in [2.75, 3.05) is 29.5 Å². The van der Waals surface area contributed by atoms with Gasteiger partial charge in [0.1, 0.15) is 5.69 Å². The van der Waals surface area contributed by atoms with Gasteiger partial charge in [0, 0.05) is 31.0 Å². The molecule has 0 aliphatic carbocycles. The Balaban J connectivity index is 2.15. The zero-order valence-corrected chi connectivity index (χ0v) is 14.8. The summed E-state index contributed by atoms with van der Waals surface area (Å²) in [6.07, 6.45) is 2.24. The van der Waals surface area contributed by atoms with Gasteiger partial charge in [0.25, 0.3) is 5.91 Å². The molecule has 2 heterocycles. The fraction of sp³-hybridized carbons (Fsp3) is 0.625. The van der Waals surface area contributed by atoms with Gasteiger partial charge in [-0.3, -0.25) is 9.78 Å². The molecule has 6 nitrogen and oxygen atoms in total. The number of rotatable bonds is 6. The Hall–Kier alpha value is -1.63. The first-order valence-electron chi connectivity index (χ1n) is 8.03. The summed E-state index contributed by atoms with van der Waals surface area (Å²) >= 11 is 0. The zero-order chi connectivity index (χ0) is 17.0. The van der Waals surface area contributed by atoms with Crippen molar-refractivity contribution in [1.29, 1.82) is 0 Å². The van der Waals surface area contributed by atoms with Gasteiger partial charge in [0.2, 0.25) is 0 Å². The van der Waals surface area contributed by atoms with Crippen molar-refractivity contribution in [2.45, 2.75) is 33.2 Å². The third-order valence-electron chi connectivity index (χ3n) is 3.97. The highest BCUT2D eigenvalue weighted by molar-refractivity contribution is 7.91. The molecule has 0 radical (unpaired) electrons. The number of hydrogen-bond donors (Lipinski definition) is 1. The van der Waals surface area contributed by atoms with Gasteiger partial charge in [-0.2, -0.15) is 0 Å². The Morgan fingerprint density at radius 2 is 2.22 bits per heavy atom. The number of hydrogen-bond acceptors (Lipinski definition) is 5. The van der Waals surface area contributed by atoms with Crippen molar-refractivity contribution in [3.63, 3.8) is 0 Å². The molecule has 7 heteroatoms. The van der Waals surface area contributed by atoms with Crippen LogP contribution >= 0.6 is 0 Å². The Labute approximate surface area is 138 Å². The van der Waals surface area contributed by atoms with Crippen molar-refractivity contribution in [1.82, 2.24) is 10.3 Å². The summed E-state index contributed by atoms with van der Waals surface area (Å²) in [7, 11) is -2.94. The molecular weight excluding hydrogens is 314 g/mol. The highest BCUT2D eigenvalue weighted by atomic mass is 32.2. The molecule has 1 aromatic heterocycles. The fourth-order valence-corrected chi connectivity index (χ4v) is 4.51. The van der Waals surface area contributed by atoms with Crippen LogP contribution in [0.25, 0.3) is 0 Å². The first-order chi connectivity index (χ1) is 10.8. The van der Waals surface area contributed by atoms with E-state index in [9.17, 15) is 13.2 Å². The van der Waals surface area contributed by atoms with Gasteiger partial charge in [-0.05, 0) is 31.4 Å². The molecule has 1 fully saturated rings. The molecule has 0 spiro atoms. The molecule has 23 heavy (non-hydrogen) atoms. The summed E-state index contributed by atoms with van der Waals surface area (Å²) in [6.45, 7) is 7.34. The lowest BCUT2D eigenvalue weighted by Crippen LogP contribution is -2.36. The van der Waals surface area contributed by atoms with Gasteiger partial charge in [-0.25, -0.2) is 8.42 Å². The average molecular weight is 339 g/mol. The fourth-order valence-electron chi connectivity index (χ4n) is 2.78. The van der Waals surface area contributed by atoms with Crippen LogP contribution in [0.2, 0.25) is 0 Å². The van der Waals surface area contributed by atoms with Gasteiger partial charge in [-0.15, -0.1) is 0 Å². The molecule has 1 N–H and O–H groups in total. The van der Waals surface area contributed by atoms with Crippen molar-refractivity contribution >= 4 is 21.4 Å². The lowest BCUT2D eigenvalue weighted by molar-refractivity contribution is 0.0944. The van der Waals surface area contributed by atoms with E-state index in [1.165, 1.54) is 0 Å². The van der Waals surface area contributed by atoms with E-state index in [1.54, 1.807) is 12.3 Å². The summed E-state index contributed by atoms with van der Waals surface area (Å²) in [5.74, 6) is 0.590. The second-order valence-electron chi connectivity index (χ2n) is 6.35. The molecule has 1 aromatic rings. The van der Waals surface area contributed by atoms with Crippen LogP contribution in [0.15, 0.2) is 18.3 Å². The third-order valence-corrected chi connectivity index (χ3v) is 5.72. The topological polar surface area (TPSA) is 79.4 Å². The van der Waals surface area contributed by atoms with Crippen LogP contribution in [0.3, 0.4) is 0 Å². The van der Waals surface area contributed by atoms with E-state index < -0.39 is 9.84 Å². The Bertz CT molecular complexity index is 658. The highest BCUT2D eigenvalue weighted by Crippen LogP contribution is 2.24. The first kappa shape index (κ1) is 17.7. The summed E-state index contributed by atoms with van der Waals surface area (Å²) in [4.78, 5) is 18.3. The molecule has 1 amide bonds. The second kappa shape index (κ2) is 7.29. The number of aromatic nitrogens is 1. The molecule has 1 atom stereocenters. The Kier molecular flexibility index (Phi) is 5.62. The Morgan fingerprint density at radius 3 is 2.78 bits per heavy atom. The monoisotopic (exact) mass is 339 g/mol. The van der Waals surface area contributed by atoms with Crippen molar-refractivity contribution < 1.29 is 13.2 Å². The molecular formula is C16H25N3O3S. The van der Waals surface area contributed by atoms with Crippen LogP contribution < -0.4 is 10.2 Å². The molecule has 0 bridgehead atoms. The number of pyridine rings is 1. The van der Waals surface area contributed by atoms with Crippen molar-refractivity contribution in [3.8, 4) is 0 Å². The quantitative estimate of drug-likeness (QED) is 0.849. The molecule has 1 saturated heterocycles. The lowest BCUT2D eigenvalue weighted by atomic mass is 10.2. The van der Waals surface area contributed by atoms with E-state index in [-0.39, 0.29) is 23.5 Å². The maximum atomic E-state index is 12.1. The standard InChI is InChI=1S/C16H25N3O3S/c1-4-19(14-6-8-23(21,22)11-14)13-5-7-17-15(9-13)16(20)18-10-12(2)3/h5,7,9,12,14H,4,6,8,10-11H2,1-3H3,(H,18,20). The zero-order valence-electron chi connectivity index (χ0n) is 13.9. The number of amides is 1. The van der Waals surface area contributed by atoms with Gasteiger partial charge < -0.3 is 10.2 Å². The molecule has 2 rings (SSSR count). The number of nitrogens with one attached hydrogen (secondary N) is 1. The van der Waals surface area contributed by atoms with Crippen molar-refractivity contribution in [3.05, 3.63) is 24.0 Å². The minimum atomic E-state index is -2.94. The molecule has 0 saturated carbocycles. The van der Waals surface area contributed by atoms with E-state index in [2.05, 4.69) is 10.3 Å². The van der Waals surface area contributed by atoms with Gasteiger partial charge in [-0.1, -0.05) is 13.8 Å². The van der Waals surface area contributed by atoms with Crippen molar-refractivity contribution in [2.24, 2.45) is 5.92 Å². The second-order valence-corrected chi connectivity index (χ2v) is 8.57. The van der Waals surface area contributed by atoms with Gasteiger partial charge >= 0.3 is 0 Å². The molecule has 1 aliphatic rings. The predicted molar refractivity (Wildman–Crippen MR) is 91.5 cm³/mol. The minimum Gasteiger partial charge on any atom is -0.368 e. The largest absolute Gasteiger partial charge is 0.368 e. The van der Waals surface area contributed by atoms with E-state index in [1.807, 2.05) is 31.7 Å². The molecule has 1 aliphatic heterocycles. The van der Waals surface area contributed by atoms with Crippen LogP contribution in [-0.2, 0) is 9.84 Å². The number of sulfone groups is 1. The van der Waals surface area contributed by atoms with Crippen LogP contribution in [0.1, 0.15) is 37.7 Å².